The molecule has 0 aliphatic carbocycles. The highest BCUT2D eigenvalue weighted by atomic mass is 16.5. The number of carbonyl (C=O) groups excluding carboxylic acids is 1. The summed E-state index contributed by atoms with van der Waals surface area (Å²) in [5.74, 6) is 0.0692. The zero-order valence-electron chi connectivity index (χ0n) is 12.9. The van der Waals surface area contributed by atoms with E-state index in [4.69, 9.17) is 4.74 Å². The maximum absolute atomic E-state index is 11.1. The summed E-state index contributed by atoms with van der Waals surface area (Å²) >= 11 is 0. The molecule has 1 N–H and O–H groups in total. The fourth-order valence-corrected chi connectivity index (χ4v) is 0.788. The molecule has 3 heteroatoms. The normalized spacial score (nSPS) is 11.8. The van der Waals surface area contributed by atoms with Crippen LogP contribution in [0.1, 0.15) is 61.3 Å². The number of hydrogen-bond donors (Lipinski definition) is 1. The summed E-state index contributed by atoms with van der Waals surface area (Å²) in [7, 11) is 1.93. The van der Waals surface area contributed by atoms with Gasteiger partial charge in [0.25, 0.3) is 0 Å². The van der Waals surface area contributed by atoms with E-state index in [0.29, 0.717) is 6.61 Å². The molecule has 0 saturated carbocycles. The molecule has 0 aromatic rings. The van der Waals surface area contributed by atoms with Crippen molar-refractivity contribution in [3.05, 3.63) is 0 Å². The highest BCUT2D eigenvalue weighted by Gasteiger charge is 2.25. The van der Waals surface area contributed by atoms with E-state index in [9.17, 15) is 4.79 Å². The van der Waals surface area contributed by atoms with Gasteiger partial charge in [0, 0.05) is 12.1 Å². The topological polar surface area (TPSA) is 38.3 Å². The predicted octanol–water partition coefficient (Wildman–Crippen LogP) is 3.18. The molecule has 0 rings (SSSR count). The van der Waals surface area contributed by atoms with E-state index in [1.807, 2.05) is 20.9 Å². The van der Waals surface area contributed by atoms with E-state index in [1.54, 1.807) is 6.92 Å². The molecular formula is C14H31NO2. The number of carbonyl (C=O) groups is 1. The lowest BCUT2D eigenvalue weighted by molar-refractivity contribution is -0.138. The fourth-order valence-electron chi connectivity index (χ4n) is 0.788. The van der Waals surface area contributed by atoms with Gasteiger partial charge in [0.1, 0.15) is 5.60 Å². The van der Waals surface area contributed by atoms with Crippen LogP contribution in [-0.4, -0.2) is 30.6 Å². The first kappa shape index (κ1) is 18.9. The van der Waals surface area contributed by atoms with E-state index in [1.165, 1.54) is 6.42 Å². The zero-order chi connectivity index (χ0) is 14.1. The molecule has 0 aliphatic heterocycles. The first-order valence-corrected chi connectivity index (χ1v) is 6.46. The number of ketones is 1. The number of rotatable bonds is 6. The Morgan fingerprint density at radius 2 is 1.59 bits per heavy atom. The van der Waals surface area contributed by atoms with Crippen molar-refractivity contribution in [2.24, 2.45) is 0 Å². The molecule has 0 heterocycles. The Morgan fingerprint density at radius 3 is 1.88 bits per heavy atom. The second kappa shape index (κ2) is 8.65. The highest BCUT2D eigenvalue weighted by Crippen LogP contribution is 2.14. The van der Waals surface area contributed by atoms with Crippen LogP contribution in [0.25, 0.3) is 0 Å². The van der Waals surface area contributed by atoms with E-state index < -0.39 is 5.60 Å². The number of ether oxygens (including phenoxy) is 1. The van der Waals surface area contributed by atoms with Crippen molar-refractivity contribution in [3.8, 4) is 0 Å². The lowest BCUT2D eigenvalue weighted by atomic mass is 10.0. The van der Waals surface area contributed by atoms with E-state index in [-0.39, 0.29) is 11.3 Å². The Hall–Kier alpha value is -0.410. The van der Waals surface area contributed by atoms with E-state index in [0.717, 1.165) is 6.42 Å². The molecule has 0 bridgehead atoms. The molecule has 0 aliphatic rings. The van der Waals surface area contributed by atoms with Crippen molar-refractivity contribution in [2.75, 3.05) is 13.7 Å². The third kappa shape index (κ3) is 10.5. The minimum Gasteiger partial charge on any atom is -0.368 e. The van der Waals surface area contributed by atoms with Gasteiger partial charge < -0.3 is 10.1 Å². The summed E-state index contributed by atoms with van der Waals surface area (Å²) in [6.45, 7) is 14.2. The van der Waals surface area contributed by atoms with Crippen LogP contribution in [0.4, 0.5) is 0 Å². The lowest BCUT2D eigenvalue weighted by Gasteiger charge is -2.27. The van der Waals surface area contributed by atoms with Gasteiger partial charge in [0.05, 0.1) is 0 Å². The Bertz CT molecular complexity index is 210. The molecule has 0 amide bonds. The van der Waals surface area contributed by atoms with Crippen LogP contribution in [0, 0.1) is 0 Å². The summed E-state index contributed by atoms with van der Waals surface area (Å²) in [6.07, 6.45) is 2.14. The number of Topliss-reactive ketones (excluding diaryl/α,β-unsaturated/α-hetero) is 1. The van der Waals surface area contributed by atoms with Crippen molar-refractivity contribution in [1.82, 2.24) is 5.32 Å². The van der Waals surface area contributed by atoms with Crippen LogP contribution in [0.2, 0.25) is 0 Å². The third-order valence-electron chi connectivity index (χ3n) is 2.71. The van der Waals surface area contributed by atoms with Crippen LogP contribution < -0.4 is 5.32 Å². The Kier molecular flexibility index (Phi) is 9.64. The molecule has 3 nitrogen and oxygen atoms in total. The molecule has 17 heavy (non-hydrogen) atoms. The van der Waals surface area contributed by atoms with Gasteiger partial charge in [-0.3, -0.25) is 4.79 Å². The van der Waals surface area contributed by atoms with Gasteiger partial charge in [-0.15, -0.1) is 0 Å². The first-order chi connectivity index (χ1) is 7.63. The molecule has 0 spiro atoms. The fraction of sp³-hybridized carbons (Fsp3) is 0.929. The Labute approximate surface area is 107 Å². The Balaban J connectivity index is 0. The van der Waals surface area contributed by atoms with Gasteiger partial charge >= 0.3 is 0 Å². The average molecular weight is 245 g/mol. The van der Waals surface area contributed by atoms with Crippen LogP contribution >= 0.6 is 0 Å². The minimum absolute atomic E-state index is 0.0624. The third-order valence-corrected chi connectivity index (χ3v) is 2.71. The zero-order valence-corrected chi connectivity index (χ0v) is 12.9. The summed E-state index contributed by atoms with van der Waals surface area (Å²) in [5.41, 5.74) is -0.587. The molecule has 0 fully saturated rings. The monoisotopic (exact) mass is 245 g/mol. The number of nitrogens with one attached hydrogen (secondary N) is 1. The Morgan fingerprint density at radius 1 is 1.18 bits per heavy atom. The molecule has 0 atom stereocenters. The smallest absolute Gasteiger partial charge is 0.160 e. The molecular weight excluding hydrogens is 214 g/mol. The van der Waals surface area contributed by atoms with Crippen molar-refractivity contribution >= 4 is 5.78 Å². The molecule has 0 radical (unpaired) electrons. The summed E-state index contributed by atoms with van der Waals surface area (Å²) in [5, 5.41) is 3.19. The van der Waals surface area contributed by atoms with Crippen molar-refractivity contribution in [3.63, 3.8) is 0 Å². The summed E-state index contributed by atoms with van der Waals surface area (Å²) in [6, 6.07) is 0. The second-order valence-corrected chi connectivity index (χ2v) is 5.51. The van der Waals surface area contributed by atoms with E-state index >= 15 is 0 Å². The minimum atomic E-state index is -0.649. The molecule has 0 unspecified atom stereocenters. The SMILES string of the molecule is CCC.CNC(C)(C)CCOC(C)(C)C(C)=O. The molecule has 0 saturated heterocycles. The molecule has 0 aromatic heterocycles. The van der Waals surface area contributed by atoms with Crippen LogP contribution in [0.15, 0.2) is 0 Å². The van der Waals surface area contributed by atoms with Gasteiger partial charge in [-0.2, -0.15) is 0 Å². The molecule has 0 aromatic carbocycles. The second-order valence-electron chi connectivity index (χ2n) is 5.51. The number of hydrogen-bond acceptors (Lipinski definition) is 3. The lowest BCUT2D eigenvalue weighted by Crippen LogP contribution is -2.40. The van der Waals surface area contributed by atoms with Gasteiger partial charge in [0.15, 0.2) is 5.78 Å². The van der Waals surface area contributed by atoms with Crippen molar-refractivity contribution in [2.45, 2.75) is 72.4 Å². The highest BCUT2D eigenvalue weighted by molar-refractivity contribution is 5.83. The van der Waals surface area contributed by atoms with Crippen molar-refractivity contribution < 1.29 is 9.53 Å². The van der Waals surface area contributed by atoms with Crippen LogP contribution in [-0.2, 0) is 9.53 Å². The van der Waals surface area contributed by atoms with E-state index in [2.05, 4.69) is 33.0 Å². The average Bonchev–Trinajstić information content (AvgIpc) is 2.18. The standard InChI is InChI=1S/C11H23NO2.C3H8/c1-9(13)11(4,5)14-8-7-10(2,3)12-6;1-3-2/h12H,7-8H2,1-6H3;3H2,1-2H3. The maximum atomic E-state index is 11.1. The maximum Gasteiger partial charge on any atom is 0.160 e. The van der Waals surface area contributed by atoms with Crippen molar-refractivity contribution in [1.29, 1.82) is 0 Å². The first-order valence-electron chi connectivity index (χ1n) is 6.46. The quantitative estimate of drug-likeness (QED) is 0.781. The van der Waals surface area contributed by atoms with Gasteiger partial charge in [0.2, 0.25) is 0 Å². The van der Waals surface area contributed by atoms with Crippen LogP contribution in [0.3, 0.4) is 0 Å². The summed E-state index contributed by atoms with van der Waals surface area (Å²) in [4.78, 5) is 11.1. The largest absolute Gasteiger partial charge is 0.368 e. The van der Waals surface area contributed by atoms with Gasteiger partial charge in [-0.05, 0) is 48.1 Å². The molecule has 104 valence electrons. The van der Waals surface area contributed by atoms with Crippen LogP contribution in [0.5, 0.6) is 0 Å². The summed E-state index contributed by atoms with van der Waals surface area (Å²) < 4.78 is 5.54. The van der Waals surface area contributed by atoms with Gasteiger partial charge in [-0.1, -0.05) is 20.3 Å². The van der Waals surface area contributed by atoms with Gasteiger partial charge in [-0.25, -0.2) is 0 Å². The predicted molar refractivity (Wildman–Crippen MR) is 74.4 cm³/mol.